The largest absolute Gasteiger partial charge is 0.383 e. The third kappa shape index (κ3) is 3.54. The molecule has 1 heterocycles. The van der Waals surface area contributed by atoms with Crippen molar-refractivity contribution < 1.29 is 9.13 Å². The van der Waals surface area contributed by atoms with Gasteiger partial charge >= 0.3 is 0 Å². The third-order valence-corrected chi connectivity index (χ3v) is 3.10. The van der Waals surface area contributed by atoms with Gasteiger partial charge in [-0.25, -0.2) is 9.37 Å². The number of rotatable bonds is 5. The number of hydrogen-bond donors (Lipinski definition) is 1. The van der Waals surface area contributed by atoms with Gasteiger partial charge in [0.25, 0.3) is 0 Å². The van der Waals surface area contributed by atoms with Crippen molar-refractivity contribution in [2.45, 2.75) is 13.5 Å². The van der Waals surface area contributed by atoms with Crippen LogP contribution < -0.4 is 5.32 Å². The van der Waals surface area contributed by atoms with E-state index in [0.29, 0.717) is 24.8 Å². The Morgan fingerprint density at radius 1 is 1.47 bits per heavy atom. The first-order valence-corrected chi connectivity index (χ1v) is 6.64. The topological polar surface area (TPSA) is 39.1 Å². The second kappa shape index (κ2) is 6.16. The van der Waals surface area contributed by atoms with Gasteiger partial charge in [0.1, 0.15) is 5.82 Å². The molecule has 0 fully saturated rings. The quantitative estimate of drug-likeness (QED) is 0.913. The molecule has 0 aliphatic rings. The van der Waals surface area contributed by atoms with Gasteiger partial charge in [0.2, 0.25) is 5.95 Å². The lowest BCUT2D eigenvalue weighted by atomic mass is 10.3. The van der Waals surface area contributed by atoms with E-state index in [9.17, 15) is 4.39 Å². The van der Waals surface area contributed by atoms with Gasteiger partial charge in [-0.2, -0.15) is 0 Å². The second-order valence-corrected chi connectivity index (χ2v) is 5.06. The van der Waals surface area contributed by atoms with Gasteiger partial charge in [0.15, 0.2) is 0 Å². The summed E-state index contributed by atoms with van der Waals surface area (Å²) in [4.78, 5) is 4.34. The Balaban J connectivity index is 2.24. The molecule has 102 valence electrons. The molecule has 0 saturated carbocycles. The van der Waals surface area contributed by atoms with E-state index in [-0.39, 0.29) is 5.82 Å². The molecule has 0 aliphatic carbocycles. The molecule has 0 saturated heterocycles. The van der Waals surface area contributed by atoms with E-state index in [0.717, 1.165) is 10.2 Å². The highest BCUT2D eigenvalue weighted by Crippen LogP contribution is 2.23. The molecule has 4 nitrogen and oxygen atoms in total. The van der Waals surface area contributed by atoms with Gasteiger partial charge < -0.3 is 14.6 Å². The van der Waals surface area contributed by atoms with Crippen LogP contribution in [0.2, 0.25) is 0 Å². The predicted octanol–water partition coefficient (Wildman–Crippen LogP) is 3.48. The van der Waals surface area contributed by atoms with Crippen LogP contribution in [0.15, 0.2) is 28.9 Å². The summed E-state index contributed by atoms with van der Waals surface area (Å²) >= 11 is 3.32. The van der Waals surface area contributed by atoms with E-state index in [1.165, 1.54) is 6.07 Å². The summed E-state index contributed by atoms with van der Waals surface area (Å²) in [5.74, 6) is 0.286. The maximum atomic E-state index is 13.7. The smallest absolute Gasteiger partial charge is 0.207 e. The number of halogens is 2. The highest BCUT2D eigenvalue weighted by atomic mass is 79.9. The molecule has 0 spiro atoms. The Morgan fingerprint density at radius 3 is 3.00 bits per heavy atom. The van der Waals surface area contributed by atoms with Crippen LogP contribution >= 0.6 is 15.9 Å². The molecule has 0 unspecified atom stereocenters. The standard InChI is InChI=1S/C13H15BrFN3O/c1-9-8-18(5-6-19-2)13(16-9)17-12-7-10(14)3-4-11(12)15/h3-4,7-8H,5-6H2,1-2H3,(H,16,17). The van der Waals surface area contributed by atoms with E-state index >= 15 is 0 Å². The van der Waals surface area contributed by atoms with Crippen LogP contribution in [0.3, 0.4) is 0 Å². The van der Waals surface area contributed by atoms with Crippen LogP contribution in [0, 0.1) is 12.7 Å². The molecular formula is C13H15BrFN3O. The number of nitrogens with one attached hydrogen (secondary N) is 1. The molecule has 2 rings (SSSR count). The van der Waals surface area contributed by atoms with Gasteiger partial charge in [0.05, 0.1) is 18.0 Å². The molecular weight excluding hydrogens is 313 g/mol. The van der Waals surface area contributed by atoms with E-state index in [2.05, 4.69) is 26.2 Å². The monoisotopic (exact) mass is 327 g/mol. The molecule has 0 bridgehead atoms. The van der Waals surface area contributed by atoms with E-state index in [4.69, 9.17) is 4.74 Å². The SMILES string of the molecule is COCCn1cc(C)nc1Nc1cc(Br)ccc1F. The summed E-state index contributed by atoms with van der Waals surface area (Å²) in [5.41, 5.74) is 1.26. The number of ether oxygens (including phenoxy) is 1. The Morgan fingerprint density at radius 2 is 2.26 bits per heavy atom. The number of aromatic nitrogens is 2. The summed E-state index contributed by atoms with van der Waals surface area (Å²) < 4.78 is 21.5. The molecule has 2 aromatic rings. The first kappa shape index (κ1) is 14.0. The van der Waals surface area contributed by atoms with Crippen molar-refractivity contribution in [3.8, 4) is 0 Å². The van der Waals surface area contributed by atoms with Gasteiger partial charge in [-0.3, -0.25) is 0 Å². The van der Waals surface area contributed by atoms with E-state index < -0.39 is 0 Å². The normalized spacial score (nSPS) is 10.7. The van der Waals surface area contributed by atoms with Gasteiger partial charge in [-0.1, -0.05) is 15.9 Å². The van der Waals surface area contributed by atoms with Crippen molar-refractivity contribution in [2.24, 2.45) is 0 Å². The molecule has 6 heteroatoms. The minimum atomic E-state index is -0.317. The first-order valence-electron chi connectivity index (χ1n) is 5.85. The van der Waals surface area contributed by atoms with Crippen molar-refractivity contribution in [1.29, 1.82) is 0 Å². The van der Waals surface area contributed by atoms with Crippen molar-refractivity contribution >= 4 is 27.6 Å². The fourth-order valence-corrected chi connectivity index (χ4v) is 2.08. The van der Waals surface area contributed by atoms with Crippen LogP contribution in [0.25, 0.3) is 0 Å². The molecule has 0 amide bonds. The van der Waals surface area contributed by atoms with Gasteiger partial charge in [-0.15, -0.1) is 0 Å². The van der Waals surface area contributed by atoms with Gasteiger partial charge in [0, 0.05) is 24.3 Å². The number of benzene rings is 1. The minimum absolute atomic E-state index is 0.317. The average Bonchev–Trinajstić information content (AvgIpc) is 2.71. The predicted molar refractivity (Wildman–Crippen MR) is 76.2 cm³/mol. The average molecular weight is 328 g/mol. The number of methoxy groups -OCH3 is 1. The molecule has 1 N–H and O–H groups in total. The molecule has 0 aliphatic heterocycles. The van der Waals surface area contributed by atoms with Crippen LogP contribution in [0.1, 0.15) is 5.69 Å². The van der Waals surface area contributed by atoms with Gasteiger partial charge in [-0.05, 0) is 25.1 Å². The molecule has 0 atom stereocenters. The summed E-state index contributed by atoms with van der Waals surface area (Å²) in [5, 5.41) is 3.00. The highest BCUT2D eigenvalue weighted by Gasteiger charge is 2.09. The molecule has 1 aromatic carbocycles. The number of imidazole rings is 1. The Hall–Kier alpha value is -1.40. The maximum Gasteiger partial charge on any atom is 0.207 e. The van der Waals surface area contributed by atoms with Crippen molar-refractivity contribution in [3.63, 3.8) is 0 Å². The Labute approximate surface area is 119 Å². The lowest BCUT2D eigenvalue weighted by Crippen LogP contribution is -2.07. The molecule has 0 radical (unpaired) electrons. The summed E-state index contributed by atoms with van der Waals surface area (Å²) in [7, 11) is 1.64. The first-order chi connectivity index (χ1) is 9.10. The van der Waals surface area contributed by atoms with Crippen molar-refractivity contribution in [3.05, 3.63) is 40.4 Å². The lowest BCUT2D eigenvalue weighted by molar-refractivity contribution is 0.188. The highest BCUT2D eigenvalue weighted by molar-refractivity contribution is 9.10. The lowest BCUT2D eigenvalue weighted by Gasteiger charge is -2.10. The zero-order chi connectivity index (χ0) is 13.8. The number of nitrogens with zero attached hydrogens (tertiary/aromatic N) is 2. The van der Waals surface area contributed by atoms with Crippen LogP contribution in [-0.4, -0.2) is 23.3 Å². The summed E-state index contributed by atoms with van der Waals surface area (Å²) in [6.07, 6.45) is 1.90. The Bertz CT molecular complexity index is 571. The molecule has 19 heavy (non-hydrogen) atoms. The fraction of sp³-hybridized carbons (Fsp3) is 0.308. The second-order valence-electron chi connectivity index (χ2n) is 4.14. The summed E-state index contributed by atoms with van der Waals surface area (Å²) in [6.45, 7) is 3.13. The number of hydrogen-bond acceptors (Lipinski definition) is 3. The van der Waals surface area contributed by atoms with Crippen molar-refractivity contribution in [2.75, 3.05) is 19.0 Å². The zero-order valence-corrected chi connectivity index (χ0v) is 12.4. The summed E-state index contributed by atoms with van der Waals surface area (Å²) in [6, 6.07) is 4.74. The Kier molecular flexibility index (Phi) is 4.55. The fourth-order valence-electron chi connectivity index (χ4n) is 1.72. The third-order valence-electron chi connectivity index (χ3n) is 2.61. The van der Waals surface area contributed by atoms with Crippen LogP contribution in [0.4, 0.5) is 16.0 Å². The maximum absolute atomic E-state index is 13.7. The van der Waals surface area contributed by atoms with Crippen LogP contribution in [-0.2, 0) is 11.3 Å². The minimum Gasteiger partial charge on any atom is -0.383 e. The number of aryl methyl sites for hydroxylation is 1. The van der Waals surface area contributed by atoms with Crippen LogP contribution in [0.5, 0.6) is 0 Å². The molecule has 1 aromatic heterocycles. The number of anilines is 2. The zero-order valence-electron chi connectivity index (χ0n) is 10.8. The van der Waals surface area contributed by atoms with E-state index in [1.54, 1.807) is 19.2 Å². The van der Waals surface area contributed by atoms with Crippen molar-refractivity contribution in [1.82, 2.24) is 9.55 Å². The van der Waals surface area contributed by atoms with E-state index in [1.807, 2.05) is 17.7 Å².